The van der Waals surface area contributed by atoms with Crippen LogP contribution >= 0.6 is 31.3 Å². The van der Waals surface area contributed by atoms with Crippen molar-refractivity contribution in [3.05, 3.63) is 85.9 Å². The van der Waals surface area contributed by atoms with Crippen LogP contribution in [-0.2, 0) is 82.3 Å². The lowest BCUT2D eigenvalue weighted by atomic mass is 9.99. The number of hydrogen-bond donors (Lipinski definition) is 13. The van der Waals surface area contributed by atoms with Crippen molar-refractivity contribution in [2.24, 2.45) is 13.0 Å². The van der Waals surface area contributed by atoms with Crippen LogP contribution in [0, 0.1) is 5.92 Å². The predicted octanol–water partition coefficient (Wildman–Crippen LogP) is -2.95. The molecule has 16 N–H and O–H groups in total. The summed E-state index contributed by atoms with van der Waals surface area (Å²) < 4.78 is 117. The maximum Gasteiger partial charge on any atom is 0.490 e. The Labute approximate surface area is 467 Å². The fourth-order valence-corrected chi connectivity index (χ4v) is 14.0. The molecule has 3 saturated heterocycles. The number of aryl methyl sites for hydroxylation is 1. The Bertz CT molecular complexity index is 3980. The first-order valence-electron chi connectivity index (χ1n) is 24.3. The summed E-state index contributed by atoms with van der Waals surface area (Å²) in [7, 11) is -21.1. The molecular weight excluding hydrogens is 1210 g/mol. The number of H-pyrrole nitrogens is 3. The minimum atomic E-state index is -6.25. The number of phosphoric acid groups is 4. The van der Waals surface area contributed by atoms with E-state index in [0.717, 1.165) is 34.5 Å². The molecule has 0 amide bonds. The number of hydrogen-bond acceptors (Lipinski definition) is 29. The lowest BCUT2D eigenvalue weighted by molar-refractivity contribution is -0.646. The number of aromatic amines is 3. The molecular formula is C40H52N15O25P4+. The van der Waals surface area contributed by atoms with E-state index >= 15 is 0 Å². The van der Waals surface area contributed by atoms with Gasteiger partial charge in [-0.2, -0.15) is 28.1 Å². The molecule has 44 heteroatoms. The number of imidazole rings is 3. The molecule has 3 fully saturated rings. The van der Waals surface area contributed by atoms with Crippen molar-refractivity contribution in [2.45, 2.75) is 74.1 Å². The second-order valence-corrected chi connectivity index (χ2v) is 24.9. The predicted molar refractivity (Wildman–Crippen MR) is 275 cm³/mol. The van der Waals surface area contributed by atoms with E-state index < -0.39 is 147 Å². The minimum absolute atomic E-state index is 0.0205. The second-order valence-electron chi connectivity index (χ2n) is 18.8. The van der Waals surface area contributed by atoms with E-state index in [4.69, 9.17) is 59.0 Å². The summed E-state index contributed by atoms with van der Waals surface area (Å²) in [5.74, 6) is -2.12. The number of rotatable bonds is 23. The molecule has 3 aliphatic heterocycles. The SMILES string of the molecule is CO[C@@H]1[C@H](OP(=O)(O)OC[C@H]2O[C@@H](n3cnc4c(=O)[nH]c(N)nc43)[C@H](O)[C@@H]2O)[C@@H](COP(=O)(O)OP(=O)(O)OP(=O)(O)OC[C@H]2OC(n3c[n+](C)c4c(=O)[nH]c(N)nc43)[C@H](O)[C@@H]2COCc2ccccc2)O[C@H]1n1cnc2c(=O)[nH]c(N)nc21. The summed E-state index contributed by atoms with van der Waals surface area (Å²) in [5.41, 5.74) is 14.8. The normalized spacial score (nSPS) is 28.4. The highest BCUT2D eigenvalue weighted by molar-refractivity contribution is 7.66. The van der Waals surface area contributed by atoms with Crippen molar-refractivity contribution in [1.29, 1.82) is 0 Å². The van der Waals surface area contributed by atoms with Crippen molar-refractivity contribution in [3.8, 4) is 0 Å². The van der Waals surface area contributed by atoms with Crippen LogP contribution in [0.5, 0.6) is 0 Å². The summed E-state index contributed by atoms with van der Waals surface area (Å²) in [6, 6.07) is 8.80. The fourth-order valence-electron chi connectivity index (χ4n) is 9.54. The Morgan fingerprint density at radius 2 is 1.11 bits per heavy atom. The van der Waals surface area contributed by atoms with Gasteiger partial charge < -0.3 is 75.8 Å². The minimum Gasteiger partial charge on any atom is -0.387 e. The van der Waals surface area contributed by atoms with Gasteiger partial charge in [-0.3, -0.25) is 56.6 Å². The van der Waals surface area contributed by atoms with Gasteiger partial charge in [-0.15, -0.1) is 0 Å². The molecule has 0 aliphatic carbocycles. The molecule has 40 nitrogen and oxygen atoms in total. The Kier molecular flexibility index (Phi) is 17.1. The van der Waals surface area contributed by atoms with Gasteiger partial charge in [0.1, 0.15) is 42.7 Å². The quantitative estimate of drug-likeness (QED) is 0.0225. The first-order chi connectivity index (χ1) is 39.6. The van der Waals surface area contributed by atoms with Crippen molar-refractivity contribution in [2.75, 3.05) is 50.7 Å². The zero-order chi connectivity index (χ0) is 60.4. The molecule has 84 heavy (non-hydrogen) atoms. The number of nitrogens with zero attached hydrogens (tertiary/aromatic N) is 9. The maximum atomic E-state index is 13.8. The van der Waals surface area contributed by atoms with E-state index in [1.807, 2.05) is 0 Å². The van der Waals surface area contributed by atoms with Crippen LogP contribution in [0.2, 0.25) is 0 Å². The number of methoxy groups -OCH3 is 1. The highest BCUT2D eigenvalue weighted by atomic mass is 31.3. The van der Waals surface area contributed by atoms with Crippen LogP contribution in [0.25, 0.3) is 33.5 Å². The Morgan fingerprint density at radius 3 is 1.70 bits per heavy atom. The van der Waals surface area contributed by atoms with Crippen molar-refractivity contribution in [3.63, 3.8) is 0 Å². The molecule has 0 bridgehead atoms. The number of anilines is 3. The number of aliphatic hydroxyl groups excluding tert-OH is 3. The smallest absolute Gasteiger partial charge is 0.387 e. The van der Waals surface area contributed by atoms with Crippen LogP contribution in [0.3, 0.4) is 0 Å². The molecule has 3 aliphatic rings. The molecule has 0 radical (unpaired) electrons. The van der Waals surface area contributed by atoms with Gasteiger partial charge in [0.05, 0.1) is 58.8 Å². The van der Waals surface area contributed by atoms with E-state index in [0.29, 0.717) is 0 Å². The summed E-state index contributed by atoms with van der Waals surface area (Å²) in [5, 5.41) is 33.5. The maximum absolute atomic E-state index is 13.8. The largest absolute Gasteiger partial charge is 0.490 e. The zero-order valence-corrected chi connectivity index (χ0v) is 46.7. The highest BCUT2D eigenvalue weighted by Crippen LogP contribution is 2.68. The molecule has 5 unspecified atom stereocenters. The molecule has 10 rings (SSSR count). The summed E-state index contributed by atoms with van der Waals surface area (Å²) in [4.78, 5) is 108. The molecule has 6 aromatic heterocycles. The van der Waals surface area contributed by atoms with E-state index in [2.05, 4.69) is 48.5 Å². The van der Waals surface area contributed by atoms with Crippen LogP contribution in [0.4, 0.5) is 17.8 Å². The Hall–Kier alpha value is -6.13. The fraction of sp³-hybridized carbons (Fsp3) is 0.475. The van der Waals surface area contributed by atoms with Gasteiger partial charge in [-0.25, -0.2) is 32.8 Å². The van der Waals surface area contributed by atoms with Gasteiger partial charge in [-0.05, 0) is 5.56 Å². The van der Waals surface area contributed by atoms with E-state index in [1.165, 1.54) is 22.5 Å². The van der Waals surface area contributed by atoms with Gasteiger partial charge in [0.15, 0.2) is 34.8 Å². The van der Waals surface area contributed by atoms with Gasteiger partial charge in [0.2, 0.25) is 30.4 Å². The molecule has 7 aromatic rings. The van der Waals surface area contributed by atoms with E-state index in [-0.39, 0.29) is 58.6 Å². The van der Waals surface area contributed by atoms with Crippen molar-refractivity contribution in [1.82, 2.24) is 53.6 Å². The summed E-state index contributed by atoms with van der Waals surface area (Å²) >= 11 is 0. The second kappa shape index (κ2) is 23.6. The lowest BCUT2D eigenvalue weighted by Crippen LogP contribution is -2.38. The average Bonchev–Trinajstić information content (AvgIpc) is 2.08. The molecule has 0 saturated carbocycles. The summed E-state index contributed by atoms with van der Waals surface area (Å²) in [6.07, 6.45) is -14.8. The average molecular weight is 1270 g/mol. The third-order valence-corrected chi connectivity index (χ3v) is 18.5. The number of nitrogens with two attached hydrogens (primary N) is 3. The zero-order valence-electron chi connectivity index (χ0n) is 43.1. The third kappa shape index (κ3) is 12.7. The first kappa shape index (κ1) is 61.0. The van der Waals surface area contributed by atoms with Gasteiger partial charge in [0.25, 0.3) is 22.3 Å². The van der Waals surface area contributed by atoms with E-state index in [1.54, 1.807) is 30.3 Å². The van der Waals surface area contributed by atoms with Gasteiger partial charge in [-0.1, -0.05) is 30.3 Å². The standard InChI is InChI=1S/C40H51N15O25P4/c1-52-15-55(31-23(52)34(61)51-40(43)48-31)35-24(56)17(9-71-8-16-6-4-3-5-7-16)18(75-35)10-73-82(64,65)79-84(68,69)80-83(66,67)74-12-20-27(28(70-2)37(77-20)54-14-45-22-30(54)47-39(42)50-33(22)60)78-81(62,63)72-11-19-25(57)26(58)36(76-19)53-13-44-21-29(53)46-38(41)49-32(21)59/h3-7,13-15,17-20,24-28,35-37,56-58H,8-12H2,1-2H3,(H12-,41,42,43,46,47,48,49,50,51,59,60,61,62,63,64,65,66,67,68,69)/p+1/t17-,18-,19-,20-,24-,25-,26-,27-,28-,35?,36-,37-/m1/s1. The number of fused-ring (bicyclic) bond motifs is 3. The lowest BCUT2D eigenvalue weighted by Gasteiger charge is -2.26. The molecule has 16 atom stereocenters. The Morgan fingerprint density at radius 1 is 0.607 bits per heavy atom. The third-order valence-electron chi connectivity index (χ3n) is 13.2. The molecule has 456 valence electrons. The van der Waals surface area contributed by atoms with Crippen LogP contribution < -0.4 is 38.4 Å². The molecule has 9 heterocycles. The van der Waals surface area contributed by atoms with Gasteiger partial charge in [0, 0.05) is 13.0 Å². The van der Waals surface area contributed by atoms with Crippen molar-refractivity contribution < 1.29 is 108 Å². The number of aromatic nitrogens is 12. The number of ether oxygens (including phenoxy) is 5. The summed E-state index contributed by atoms with van der Waals surface area (Å²) in [6.45, 7) is -3.60. The monoisotopic (exact) mass is 1270 g/mol. The molecule has 1 aromatic carbocycles. The number of nitrogen functional groups attached to an aromatic ring is 3. The van der Waals surface area contributed by atoms with Crippen LogP contribution in [0.1, 0.15) is 24.2 Å². The number of nitrogens with one attached hydrogen (secondary N) is 3. The number of phosphoric ester groups is 3. The molecule has 0 spiro atoms. The van der Waals surface area contributed by atoms with Crippen molar-refractivity contribution >= 4 is 82.6 Å². The van der Waals surface area contributed by atoms with Crippen LogP contribution in [-0.4, -0.2) is 171 Å². The highest BCUT2D eigenvalue weighted by Gasteiger charge is 2.54. The topological polar surface area (TPSA) is 571 Å². The number of aliphatic hydroxyl groups is 3. The number of benzene rings is 1. The van der Waals surface area contributed by atoms with Gasteiger partial charge >= 0.3 is 36.9 Å². The first-order valence-corrected chi connectivity index (χ1v) is 30.3. The van der Waals surface area contributed by atoms with E-state index in [9.17, 15) is 67.5 Å². The Balaban J connectivity index is 0.821. The van der Waals surface area contributed by atoms with Crippen LogP contribution in [0.15, 0.2) is 63.7 Å².